The second kappa shape index (κ2) is 9.93. The monoisotopic (exact) mass is 535 g/mol. The van der Waals surface area contributed by atoms with E-state index >= 15 is 0 Å². The lowest BCUT2D eigenvalue weighted by atomic mass is 10.1. The van der Waals surface area contributed by atoms with E-state index in [9.17, 15) is 13.2 Å². The van der Waals surface area contributed by atoms with Crippen molar-refractivity contribution < 1.29 is 17.9 Å². The van der Waals surface area contributed by atoms with Gasteiger partial charge in [0.2, 0.25) is 0 Å². The van der Waals surface area contributed by atoms with Crippen molar-refractivity contribution in [2.75, 3.05) is 31.7 Å². The third-order valence-electron chi connectivity index (χ3n) is 6.73. The third kappa shape index (κ3) is 4.62. The molecule has 2 heterocycles. The van der Waals surface area contributed by atoms with Gasteiger partial charge in [-0.3, -0.25) is 9.52 Å². The van der Waals surface area contributed by atoms with Gasteiger partial charge in [-0.1, -0.05) is 18.9 Å². The van der Waals surface area contributed by atoms with Crippen LogP contribution >= 0.6 is 0 Å². The number of nitrogens with zero attached hydrogens (tertiary/aromatic N) is 5. The lowest BCUT2D eigenvalue weighted by Gasteiger charge is -2.14. The summed E-state index contributed by atoms with van der Waals surface area (Å²) in [5, 5.41) is 5.53. The fourth-order valence-corrected chi connectivity index (χ4v) is 5.83. The van der Waals surface area contributed by atoms with E-state index in [1.165, 1.54) is 42.6 Å². The number of amides is 1. The zero-order valence-electron chi connectivity index (χ0n) is 21.4. The second-order valence-corrected chi connectivity index (χ2v) is 11.1. The highest BCUT2D eigenvalue weighted by Gasteiger charge is 2.25. The highest BCUT2D eigenvalue weighted by atomic mass is 32.2. The molecule has 0 saturated heterocycles. The number of anilines is 2. The number of hydrogen-bond donors (Lipinski definition) is 2. The molecule has 0 spiro atoms. The summed E-state index contributed by atoms with van der Waals surface area (Å²) in [6, 6.07) is 11.1. The predicted octanol–water partition coefficient (Wildman–Crippen LogP) is 3.70. The number of aromatic nitrogens is 4. The quantitative estimate of drug-likeness (QED) is 0.364. The van der Waals surface area contributed by atoms with Gasteiger partial charge in [-0.2, -0.15) is 5.10 Å². The highest BCUT2D eigenvalue weighted by Crippen LogP contribution is 2.39. The van der Waals surface area contributed by atoms with Crippen molar-refractivity contribution in [2.24, 2.45) is 0 Å². The summed E-state index contributed by atoms with van der Waals surface area (Å²) in [7, 11) is 0.780. The van der Waals surface area contributed by atoms with Crippen molar-refractivity contribution in [3.05, 3.63) is 54.4 Å². The largest absolute Gasteiger partial charge is 0.495 e. The molecule has 0 atom stereocenters. The molecule has 12 heteroatoms. The number of nitrogens with two attached hydrogens (primary N) is 1. The van der Waals surface area contributed by atoms with E-state index in [0.717, 1.165) is 25.7 Å². The lowest BCUT2D eigenvalue weighted by molar-refractivity contribution is 0.0827. The van der Waals surface area contributed by atoms with E-state index in [2.05, 4.69) is 14.7 Å². The highest BCUT2D eigenvalue weighted by molar-refractivity contribution is 7.92. The fourth-order valence-electron chi connectivity index (χ4n) is 4.76. The molecule has 1 fully saturated rings. The first kappa shape index (κ1) is 25.5. The lowest BCUT2D eigenvalue weighted by Crippen LogP contribution is -2.21. The zero-order chi connectivity index (χ0) is 27.0. The molecule has 1 aliphatic carbocycles. The van der Waals surface area contributed by atoms with Gasteiger partial charge in [0.05, 0.1) is 29.1 Å². The molecule has 1 aliphatic rings. The fraction of sp³-hybridized carbons (Fsp3) is 0.308. The summed E-state index contributed by atoms with van der Waals surface area (Å²) in [4.78, 5) is 22.2. The van der Waals surface area contributed by atoms with Crippen LogP contribution in [0.2, 0.25) is 0 Å². The van der Waals surface area contributed by atoms with Crippen molar-refractivity contribution in [1.82, 2.24) is 24.6 Å². The maximum atomic E-state index is 13.1. The Labute approximate surface area is 220 Å². The number of rotatable bonds is 7. The molecule has 0 aliphatic heterocycles. The van der Waals surface area contributed by atoms with Crippen LogP contribution in [0.4, 0.5) is 11.5 Å². The van der Waals surface area contributed by atoms with Crippen LogP contribution in [0, 0.1) is 0 Å². The Hall–Kier alpha value is -4.19. The first-order chi connectivity index (χ1) is 18.2. The number of carbonyl (C=O) groups excluding carboxylic acids is 1. The maximum Gasteiger partial charge on any atom is 0.262 e. The summed E-state index contributed by atoms with van der Waals surface area (Å²) >= 11 is 0. The molecule has 2 aromatic carbocycles. The molecule has 198 valence electrons. The van der Waals surface area contributed by atoms with Crippen molar-refractivity contribution in [2.45, 2.75) is 36.6 Å². The van der Waals surface area contributed by atoms with E-state index < -0.39 is 10.0 Å². The van der Waals surface area contributed by atoms with Crippen molar-refractivity contribution in [3.8, 4) is 17.0 Å². The van der Waals surface area contributed by atoms with Crippen LogP contribution in [0.3, 0.4) is 0 Å². The zero-order valence-corrected chi connectivity index (χ0v) is 22.2. The molecule has 38 heavy (non-hydrogen) atoms. The first-order valence-corrected chi connectivity index (χ1v) is 13.7. The van der Waals surface area contributed by atoms with Crippen LogP contribution in [-0.4, -0.2) is 60.2 Å². The minimum atomic E-state index is -3.95. The van der Waals surface area contributed by atoms with E-state index in [4.69, 9.17) is 15.6 Å². The number of nitrogen functional groups attached to an aromatic ring is 1. The van der Waals surface area contributed by atoms with Gasteiger partial charge in [0.1, 0.15) is 23.6 Å². The van der Waals surface area contributed by atoms with Crippen LogP contribution in [0.5, 0.6) is 5.75 Å². The molecule has 1 saturated carbocycles. The number of carbonyl (C=O) groups is 1. The topological polar surface area (TPSA) is 145 Å². The Morgan fingerprint density at radius 3 is 2.47 bits per heavy atom. The predicted molar refractivity (Wildman–Crippen MR) is 144 cm³/mol. The molecule has 3 N–H and O–H groups in total. The van der Waals surface area contributed by atoms with E-state index in [1.54, 1.807) is 32.3 Å². The van der Waals surface area contributed by atoms with Crippen LogP contribution in [0.25, 0.3) is 22.3 Å². The standard InChI is InChI=1S/C26H29N7O4S/c1-32(2)26(34)16-8-11-19(12-9-16)38(35,36)31-20-13-10-17(14-21(20)37-3)23-22-24(27)28-15-29-25(22)33(30-23)18-6-4-5-7-18/h8-15,18,31H,4-7H2,1-3H3,(H2,27,28,29). The summed E-state index contributed by atoms with van der Waals surface area (Å²) < 4.78 is 36.3. The number of benzene rings is 2. The SMILES string of the molecule is COc1cc(-c2nn(C3CCCC3)c3ncnc(N)c23)ccc1NS(=O)(=O)c1ccc(C(=O)N(C)C)cc1. The van der Waals surface area contributed by atoms with Crippen LogP contribution in [-0.2, 0) is 10.0 Å². The number of fused-ring (bicyclic) bond motifs is 1. The molecule has 0 radical (unpaired) electrons. The first-order valence-electron chi connectivity index (χ1n) is 12.2. The Morgan fingerprint density at radius 2 is 1.82 bits per heavy atom. The maximum absolute atomic E-state index is 13.1. The Balaban J connectivity index is 1.49. The molecule has 4 aromatic rings. The molecular weight excluding hydrogens is 506 g/mol. The van der Waals surface area contributed by atoms with Crippen molar-refractivity contribution in [1.29, 1.82) is 0 Å². The van der Waals surface area contributed by atoms with Crippen molar-refractivity contribution >= 4 is 38.5 Å². The molecule has 5 rings (SSSR count). The van der Waals surface area contributed by atoms with Crippen molar-refractivity contribution in [3.63, 3.8) is 0 Å². The minimum absolute atomic E-state index is 0.0187. The Kier molecular flexibility index (Phi) is 6.66. The molecular formula is C26H29N7O4S. The second-order valence-electron chi connectivity index (χ2n) is 9.43. The Bertz CT molecular complexity index is 1610. The normalized spacial score (nSPS) is 14.1. The molecule has 2 aromatic heterocycles. The molecule has 0 unspecified atom stereocenters. The van der Waals surface area contributed by atoms with Gasteiger partial charge >= 0.3 is 0 Å². The smallest absolute Gasteiger partial charge is 0.262 e. The number of ether oxygens (including phenoxy) is 1. The van der Waals surface area contributed by atoms with Gasteiger partial charge in [-0.15, -0.1) is 0 Å². The van der Waals surface area contributed by atoms with Crippen LogP contribution in [0.15, 0.2) is 53.7 Å². The number of methoxy groups -OCH3 is 1. The van der Waals surface area contributed by atoms with Gasteiger partial charge in [0.15, 0.2) is 5.65 Å². The summed E-state index contributed by atoms with van der Waals surface area (Å²) in [6.45, 7) is 0. The van der Waals surface area contributed by atoms with Gasteiger partial charge in [0, 0.05) is 25.2 Å². The van der Waals surface area contributed by atoms with Gasteiger partial charge in [0.25, 0.3) is 15.9 Å². The van der Waals surface area contributed by atoms with E-state index in [0.29, 0.717) is 39.4 Å². The van der Waals surface area contributed by atoms with Crippen LogP contribution in [0.1, 0.15) is 42.1 Å². The third-order valence-corrected chi connectivity index (χ3v) is 8.11. The summed E-state index contributed by atoms with van der Waals surface area (Å²) in [5.41, 5.74) is 8.88. The molecule has 0 bridgehead atoms. The van der Waals surface area contributed by atoms with E-state index in [1.807, 2.05) is 4.68 Å². The van der Waals surface area contributed by atoms with E-state index in [-0.39, 0.29) is 22.5 Å². The average molecular weight is 536 g/mol. The van der Waals surface area contributed by atoms with Gasteiger partial charge < -0.3 is 15.4 Å². The Morgan fingerprint density at radius 1 is 1.11 bits per heavy atom. The number of hydrogen-bond acceptors (Lipinski definition) is 8. The number of sulfonamides is 1. The summed E-state index contributed by atoms with van der Waals surface area (Å²) in [5.74, 6) is 0.423. The minimum Gasteiger partial charge on any atom is -0.495 e. The van der Waals surface area contributed by atoms with Crippen LogP contribution < -0.4 is 15.2 Å². The number of nitrogens with one attached hydrogen (secondary N) is 1. The van der Waals surface area contributed by atoms with Gasteiger partial charge in [-0.25, -0.2) is 23.1 Å². The molecule has 1 amide bonds. The average Bonchev–Trinajstić information content (AvgIpc) is 3.57. The summed E-state index contributed by atoms with van der Waals surface area (Å²) in [6.07, 6.45) is 5.76. The van der Waals surface area contributed by atoms with Gasteiger partial charge in [-0.05, 0) is 49.2 Å². The molecule has 11 nitrogen and oxygen atoms in total.